The molecule has 3 fully saturated rings. The largest absolute Gasteiger partial charge is 0.494 e. The number of anilines is 14. The Morgan fingerprint density at radius 2 is 0.735 bits per heavy atom. The van der Waals surface area contributed by atoms with Crippen LogP contribution in [0.1, 0.15) is 50.7 Å². The van der Waals surface area contributed by atoms with E-state index >= 15 is 0 Å². The van der Waals surface area contributed by atoms with Crippen molar-refractivity contribution in [1.82, 2.24) is 111 Å². The molecule has 3 aliphatic heterocycles. The molecule has 37 nitrogen and oxygen atoms in total. The molecule has 10 aromatic heterocycles. The number of carbonyl (C=O) groups excluding carboxylic acids is 3. The molecule has 40 heteroatoms. The second-order valence-corrected chi connectivity index (χ2v) is 27.4. The number of aromatic nitrogens is 19. The Morgan fingerprint density at radius 1 is 0.393 bits per heavy atom. The maximum Gasteiger partial charge on any atom is 0.273 e. The Morgan fingerprint density at radius 3 is 1.02 bits per heavy atom. The summed E-state index contributed by atoms with van der Waals surface area (Å²) in [6, 6.07) is 36.7. The topological polar surface area (TPSA) is 432 Å². The van der Waals surface area contributed by atoms with Crippen LogP contribution in [0.4, 0.5) is 80.3 Å². The molecule has 3 amide bonds. The number of aryl methyl sites for hydroxylation is 3. The summed E-state index contributed by atoms with van der Waals surface area (Å²) in [7, 11) is 14.7. The minimum atomic E-state index is -0.387. The van der Waals surface area contributed by atoms with E-state index < -0.39 is 0 Å². The van der Waals surface area contributed by atoms with Gasteiger partial charge in [0.05, 0.1) is 108 Å². The summed E-state index contributed by atoms with van der Waals surface area (Å²) in [6.45, 7) is 6.52. The number of ether oxygens (including phenoxy) is 3. The fraction of sp³-hybridized carbons (Fsp3) is 0.234. The third-order valence-electron chi connectivity index (χ3n) is 17.8. The zero-order chi connectivity index (χ0) is 82.5. The lowest BCUT2D eigenvalue weighted by atomic mass is 10.1. The summed E-state index contributed by atoms with van der Waals surface area (Å²) >= 11 is 14.4. The molecule has 0 atom stereocenters. The monoisotopic (exact) mass is 1690 g/mol. The summed E-state index contributed by atoms with van der Waals surface area (Å²) in [4.78, 5) is 73.6. The smallest absolute Gasteiger partial charge is 0.273 e. The molecule has 3 saturated heterocycles. The lowest BCUT2D eigenvalue weighted by Crippen LogP contribution is -2.36. The van der Waals surface area contributed by atoms with Crippen LogP contribution >= 0.6 is 39.1 Å². The molecular weight excluding hydrogens is 1610 g/mol. The summed E-state index contributed by atoms with van der Waals surface area (Å²) < 4.78 is 22.7. The second-order valence-electron chi connectivity index (χ2n) is 25.7. The molecule has 0 spiro atoms. The number of methoxy groups -OCH3 is 3. The van der Waals surface area contributed by atoms with E-state index in [1.54, 1.807) is 106 Å². The maximum atomic E-state index is 12.5. The van der Waals surface area contributed by atoms with Gasteiger partial charge in [-0.2, -0.15) is 15.3 Å². The first kappa shape index (κ1) is 82.4. The van der Waals surface area contributed by atoms with Crippen molar-refractivity contribution in [1.29, 1.82) is 0 Å². The first-order chi connectivity index (χ1) is 56.8. The van der Waals surface area contributed by atoms with E-state index in [4.69, 9.17) is 43.1 Å². The SMILES string of the molecule is CNC(=O)c1nnc(N)cc1Nc1cccc(-c2ncn(C)n2)c1OC.CNC(=O)c1nnc(Nc2ccc(N3CCC3)cn2)cc1Nc1cccc(-c2ncn(C)n2)c1OC.CNC(=O)c1nnc(Nc2ccc(N3CCC3)cn2)cc1Nc1cccc(-c2ncn(C)n2)c1OC.Clc1ccc(Br)cn1.Clc1ccc(N2CCC2)cn1. The van der Waals surface area contributed by atoms with Crippen LogP contribution in [-0.2, 0) is 21.1 Å². The maximum absolute atomic E-state index is 12.5. The number of benzene rings is 3. The molecular formula is C77H82BrCl2N31O6. The number of nitrogens with one attached hydrogen (secondary N) is 8. The van der Waals surface area contributed by atoms with Crippen LogP contribution in [0.5, 0.6) is 17.2 Å². The standard InChI is InChI=1S/2C24H26N10O2.C16H18N8O2.C8H9ClN2.C5H3BrClN/c2*1-25-24(35)21-18(28-17-7-4-6-16(22(17)36-3)23-27-14-33(2)32-23)12-20(30-31-21)29-19-9-8-15(13-26-19)34-10-5-11-34;1-18-16(25)13-11(7-12(17)21-22-13)20-10-6-4-5-9(14(10)26-3)15-19-8-24(2)23-15;9-8-3-2-7(6-10-8)11-4-1-5-11;6-4-1-2-5(7)8-3-4/h2*4,6-9,12-14H,5,10-11H2,1-3H3,(H,25,35)(H2,26,28,29,30);4-8H,1-3H3,(H,18,25)(H3,17,20,21);2-3,6H,1,4-5H2;1-3H. The highest BCUT2D eigenvalue weighted by Gasteiger charge is 2.25. The third kappa shape index (κ3) is 21.1. The average molecular weight is 1690 g/mol. The molecule has 0 aliphatic carbocycles. The molecule has 0 unspecified atom stereocenters. The first-order valence-electron chi connectivity index (χ1n) is 36.3. The van der Waals surface area contributed by atoms with E-state index in [0.717, 1.165) is 55.1 Å². The summed E-state index contributed by atoms with van der Waals surface area (Å²) in [5.41, 5.74) is 14.7. The van der Waals surface area contributed by atoms with Gasteiger partial charge in [-0.15, -0.1) is 30.6 Å². The van der Waals surface area contributed by atoms with Gasteiger partial charge in [-0.05, 0) is 120 Å². The average Bonchev–Trinajstić information content (AvgIpc) is 1.38. The van der Waals surface area contributed by atoms with Gasteiger partial charge in [-0.3, -0.25) is 28.4 Å². The Labute approximate surface area is 690 Å². The number of nitrogens with zero attached hydrogens (tertiary/aromatic N) is 22. The van der Waals surface area contributed by atoms with Crippen LogP contribution in [0.2, 0.25) is 10.3 Å². The number of amides is 3. The highest BCUT2D eigenvalue weighted by Crippen LogP contribution is 2.41. The van der Waals surface area contributed by atoms with Crippen LogP contribution in [0.25, 0.3) is 34.2 Å². The van der Waals surface area contributed by atoms with Crippen molar-refractivity contribution in [3.05, 3.63) is 197 Å². The molecule has 0 radical (unpaired) electrons. The molecule has 10 N–H and O–H groups in total. The van der Waals surface area contributed by atoms with Crippen molar-refractivity contribution in [2.24, 2.45) is 21.1 Å². The van der Waals surface area contributed by atoms with Crippen LogP contribution in [0, 0.1) is 0 Å². The van der Waals surface area contributed by atoms with Crippen LogP contribution in [-0.4, -0.2) is 194 Å². The van der Waals surface area contributed by atoms with Gasteiger partial charge < -0.3 is 77.2 Å². The van der Waals surface area contributed by atoms with Gasteiger partial charge >= 0.3 is 0 Å². The van der Waals surface area contributed by atoms with Crippen LogP contribution in [0.15, 0.2) is 170 Å². The molecule has 13 aromatic rings. The lowest BCUT2D eigenvalue weighted by Gasteiger charge is -2.32. The number of hydrogen-bond acceptors (Lipinski definition) is 31. The van der Waals surface area contributed by atoms with E-state index in [1.807, 2.05) is 110 Å². The van der Waals surface area contributed by atoms with Gasteiger partial charge in [0.2, 0.25) is 0 Å². The zero-order valence-electron chi connectivity index (χ0n) is 65.0. The lowest BCUT2D eigenvalue weighted by molar-refractivity contribution is 0.0950. The van der Waals surface area contributed by atoms with E-state index in [9.17, 15) is 14.4 Å². The molecule has 117 heavy (non-hydrogen) atoms. The quantitative estimate of drug-likeness (QED) is 0.0285. The Kier molecular flexibility index (Phi) is 27.6. The van der Waals surface area contributed by atoms with Crippen molar-refractivity contribution < 1.29 is 28.6 Å². The number of halogens is 3. The van der Waals surface area contributed by atoms with Gasteiger partial charge in [0.25, 0.3) is 17.7 Å². The first-order valence-corrected chi connectivity index (χ1v) is 37.9. The van der Waals surface area contributed by atoms with Crippen LogP contribution < -0.4 is 77.2 Å². The number of para-hydroxylation sites is 3. The summed E-state index contributed by atoms with van der Waals surface area (Å²) in [6.07, 6.45) is 15.7. The molecule has 0 saturated carbocycles. The molecule has 3 aliphatic rings. The number of nitrogens with two attached hydrogens (primary N) is 1. The molecule has 3 aromatic carbocycles. The number of hydrogen-bond donors (Lipinski definition) is 9. The van der Waals surface area contributed by atoms with Gasteiger partial charge in [-0.1, -0.05) is 41.4 Å². The molecule has 0 bridgehead atoms. The van der Waals surface area contributed by atoms with E-state index in [1.165, 1.54) is 52.2 Å². The number of rotatable bonds is 22. The fourth-order valence-electron chi connectivity index (χ4n) is 11.6. The number of pyridine rings is 4. The Bertz CT molecular complexity index is 5330. The molecule has 13 heterocycles. The zero-order valence-corrected chi connectivity index (χ0v) is 68.0. The van der Waals surface area contributed by atoms with Crippen molar-refractivity contribution in [2.45, 2.75) is 19.3 Å². The minimum absolute atomic E-state index is 0.116. The second kappa shape index (κ2) is 39.2. The minimum Gasteiger partial charge on any atom is -0.494 e. The third-order valence-corrected chi connectivity index (χ3v) is 18.7. The predicted octanol–water partition coefficient (Wildman–Crippen LogP) is 10.9. The van der Waals surface area contributed by atoms with Gasteiger partial charge in [-0.25, -0.2) is 34.9 Å². The van der Waals surface area contributed by atoms with Crippen molar-refractivity contribution in [2.75, 3.05) is 129 Å². The van der Waals surface area contributed by atoms with Crippen molar-refractivity contribution >= 4 is 137 Å². The van der Waals surface area contributed by atoms with E-state index in [-0.39, 0.29) is 40.6 Å². The van der Waals surface area contributed by atoms with Gasteiger partial charge in [0.15, 0.2) is 63.4 Å². The Balaban J connectivity index is 0.000000146. The number of nitrogen functional groups attached to an aromatic ring is 1. The van der Waals surface area contributed by atoms with E-state index in [0.29, 0.717) is 119 Å². The summed E-state index contributed by atoms with van der Waals surface area (Å²) in [5.74, 6) is 4.27. The molecule has 16 rings (SSSR count). The fourth-order valence-corrected chi connectivity index (χ4v) is 12.0. The number of carbonyl (C=O) groups is 3. The van der Waals surface area contributed by atoms with Gasteiger partial charge in [0.1, 0.15) is 46.7 Å². The molecule has 602 valence electrons. The van der Waals surface area contributed by atoms with Crippen molar-refractivity contribution in [3.8, 4) is 51.4 Å². The van der Waals surface area contributed by atoms with Crippen molar-refractivity contribution in [3.63, 3.8) is 0 Å². The summed E-state index contributed by atoms with van der Waals surface area (Å²) in [5, 5.41) is 62.1. The van der Waals surface area contributed by atoms with Gasteiger partial charge in [0, 0.05) is 110 Å². The van der Waals surface area contributed by atoms with Crippen LogP contribution in [0.3, 0.4) is 0 Å². The van der Waals surface area contributed by atoms with E-state index in [2.05, 4.69) is 154 Å². The Hall–Kier alpha value is -14.0. The highest BCUT2D eigenvalue weighted by molar-refractivity contribution is 9.10. The predicted molar refractivity (Wildman–Crippen MR) is 451 cm³/mol. The normalized spacial score (nSPS) is 12.2. The highest BCUT2D eigenvalue weighted by atomic mass is 79.9.